The molecule has 2 aromatic carbocycles. The number of halogens is 4. The van der Waals surface area contributed by atoms with Gasteiger partial charge in [0.1, 0.15) is 17.3 Å². The van der Waals surface area contributed by atoms with Crippen molar-refractivity contribution in [1.29, 1.82) is 0 Å². The molecule has 2 aliphatic rings. The van der Waals surface area contributed by atoms with Gasteiger partial charge in [-0.15, -0.1) is 13.2 Å². The number of nitrogens with one attached hydrogen (secondary N) is 1. The fourth-order valence-corrected chi connectivity index (χ4v) is 6.54. The number of fused-ring (bicyclic) bond motifs is 2. The first-order valence-electron chi connectivity index (χ1n) is 14.6. The van der Waals surface area contributed by atoms with Crippen molar-refractivity contribution in [3.63, 3.8) is 0 Å². The van der Waals surface area contributed by atoms with Gasteiger partial charge < -0.3 is 24.6 Å². The van der Waals surface area contributed by atoms with E-state index in [0.29, 0.717) is 46.9 Å². The Morgan fingerprint density at radius 1 is 0.977 bits per heavy atom. The number of carbonyl (C=O) groups excluding carboxylic acids is 1. The van der Waals surface area contributed by atoms with Gasteiger partial charge in [-0.2, -0.15) is 5.10 Å². The molecule has 2 atom stereocenters. The SMILES string of the molecule is COc1ccn2nc(C)c(C(=O)NCc3ccc(N4CCN(c5ccc(OC(F)(F)F)cc5)[C@H]5CCCC[C@@H]54)c(F)c3)c2c1. The molecule has 8 nitrogen and oxygen atoms in total. The highest BCUT2D eigenvalue weighted by atomic mass is 19.4. The zero-order valence-electron chi connectivity index (χ0n) is 24.4. The van der Waals surface area contributed by atoms with E-state index in [1.165, 1.54) is 18.2 Å². The molecule has 0 unspecified atom stereocenters. The number of amides is 1. The van der Waals surface area contributed by atoms with E-state index in [1.807, 2.05) is 6.07 Å². The van der Waals surface area contributed by atoms with Crippen LogP contribution in [0.15, 0.2) is 60.8 Å². The smallest absolute Gasteiger partial charge is 0.497 e. The number of hydrogen-bond donors (Lipinski definition) is 1. The van der Waals surface area contributed by atoms with Crippen molar-refractivity contribution < 1.29 is 31.8 Å². The van der Waals surface area contributed by atoms with Crippen molar-refractivity contribution >= 4 is 22.8 Å². The van der Waals surface area contributed by atoms with Crippen LogP contribution in [0, 0.1) is 12.7 Å². The molecule has 6 rings (SSSR count). The van der Waals surface area contributed by atoms with Crippen LogP contribution in [0.1, 0.15) is 47.3 Å². The summed E-state index contributed by atoms with van der Waals surface area (Å²) in [4.78, 5) is 17.5. The van der Waals surface area contributed by atoms with Gasteiger partial charge in [0.2, 0.25) is 0 Å². The average Bonchev–Trinajstić information content (AvgIpc) is 3.34. The van der Waals surface area contributed by atoms with Gasteiger partial charge in [0.15, 0.2) is 0 Å². The normalized spacial score (nSPS) is 18.7. The topological polar surface area (TPSA) is 71.3 Å². The number of anilines is 2. The van der Waals surface area contributed by atoms with Crippen LogP contribution in [0.2, 0.25) is 0 Å². The maximum atomic E-state index is 15.6. The molecule has 44 heavy (non-hydrogen) atoms. The van der Waals surface area contributed by atoms with Crippen LogP contribution in [0.25, 0.3) is 5.52 Å². The Morgan fingerprint density at radius 2 is 1.68 bits per heavy atom. The molecule has 1 aliphatic carbocycles. The molecule has 2 aromatic heterocycles. The Bertz CT molecular complexity index is 1660. The van der Waals surface area contributed by atoms with Crippen molar-refractivity contribution in [3.8, 4) is 11.5 Å². The second-order valence-electron chi connectivity index (χ2n) is 11.2. The summed E-state index contributed by atoms with van der Waals surface area (Å²) >= 11 is 0. The lowest BCUT2D eigenvalue weighted by Crippen LogP contribution is -2.61. The molecule has 1 saturated heterocycles. The van der Waals surface area contributed by atoms with E-state index in [-0.39, 0.29) is 36.1 Å². The summed E-state index contributed by atoms with van der Waals surface area (Å²) < 4.78 is 64.4. The number of benzene rings is 2. The molecule has 232 valence electrons. The number of rotatable bonds is 7. The number of ether oxygens (including phenoxy) is 2. The molecule has 1 saturated carbocycles. The predicted octanol–water partition coefficient (Wildman–Crippen LogP) is 6.26. The van der Waals surface area contributed by atoms with Crippen LogP contribution < -0.4 is 24.6 Å². The van der Waals surface area contributed by atoms with Gasteiger partial charge in [-0.3, -0.25) is 4.79 Å². The third-order valence-corrected chi connectivity index (χ3v) is 8.50. The lowest BCUT2D eigenvalue weighted by Gasteiger charge is -2.52. The van der Waals surface area contributed by atoms with E-state index in [9.17, 15) is 18.0 Å². The van der Waals surface area contributed by atoms with Crippen molar-refractivity contribution in [2.45, 2.75) is 57.6 Å². The standard InChI is InChI=1S/C32H33F4N5O3/c1-20-30(29-18-24(43-2)13-14-41(29)38-20)31(42)37-19-21-7-12-26(25(33)17-21)40-16-15-39(27-5-3-4-6-28(27)40)22-8-10-23(11-9-22)44-32(34,35)36/h7-14,17-18,27-28H,3-6,15-16,19H2,1-2H3,(H,37,42)/t27-,28-/m0/s1. The fourth-order valence-electron chi connectivity index (χ4n) is 6.54. The Balaban J connectivity index is 1.15. The van der Waals surface area contributed by atoms with Crippen LogP contribution in [-0.4, -0.2) is 54.2 Å². The second-order valence-corrected chi connectivity index (χ2v) is 11.2. The minimum Gasteiger partial charge on any atom is -0.497 e. The van der Waals surface area contributed by atoms with Crippen LogP contribution in [-0.2, 0) is 6.54 Å². The Labute approximate surface area is 252 Å². The number of methoxy groups -OCH3 is 1. The highest BCUT2D eigenvalue weighted by molar-refractivity contribution is 6.02. The molecule has 0 spiro atoms. The third kappa shape index (κ3) is 5.97. The van der Waals surface area contributed by atoms with Crippen LogP contribution >= 0.6 is 0 Å². The molecule has 12 heteroatoms. The largest absolute Gasteiger partial charge is 0.573 e. The molecule has 1 aliphatic heterocycles. The second kappa shape index (κ2) is 11.9. The lowest BCUT2D eigenvalue weighted by molar-refractivity contribution is -0.274. The summed E-state index contributed by atoms with van der Waals surface area (Å²) in [5.74, 6) is -0.319. The number of nitrogens with zero attached hydrogens (tertiary/aromatic N) is 4. The van der Waals surface area contributed by atoms with Crippen LogP contribution in [0.3, 0.4) is 0 Å². The summed E-state index contributed by atoms with van der Waals surface area (Å²) in [6, 6.07) is 14.7. The molecule has 2 fully saturated rings. The highest BCUT2D eigenvalue weighted by Gasteiger charge is 2.39. The van der Waals surface area contributed by atoms with E-state index in [1.54, 1.807) is 55.1 Å². The third-order valence-electron chi connectivity index (χ3n) is 8.50. The Hall–Kier alpha value is -4.48. The molecular weight excluding hydrogens is 578 g/mol. The van der Waals surface area contributed by atoms with Crippen LogP contribution in [0.5, 0.6) is 11.5 Å². The summed E-state index contributed by atoms with van der Waals surface area (Å²) in [6.07, 6.45) is 0.826. The fraction of sp³-hybridized carbons (Fsp3) is 0.375. The van der Waals surface area contributed by atoms with E-state index in [2.05, 4.69) is 25.0 Å². The summed E-state index contributed by atoms with van der Waals surface area (Å²) in [5.41, 5.74) is 3.59. The van der Waals surface area contributed by atoms with Gasteiger partial charge in [-0.05, 0) is 67.8 Å². The van der Waals surface area contributed by atoms with Gasteiger partial charge >= 0.3 is 6.36 Å². The Kier molecular flexibility index (Phi) is 8.00. The zero-order valence-corrected chi connectivity index (χ0v) is 24.4. The minimum atomic E-state index is -4.74. The van der Waals surface area contributed by atoms with Gasteiger partial charge in [0, 0.05) is 49.7 Å². The van der Waals surface area contributed by atoms with Gasteiger partial charge in [-0.25, -0.2) is 8.91 Å². The minimum absolute atomic E-state index is 0.0549. The monoisotopic (exact) mass is 611 g/mol. The first kappa shape index (κ1) is 29.6. The van der Waals surface area contributed by atoms with Gasteiger partial charge in [-0.1, -0.05) is 18.9 Å². The number of piperazine rings is 1. The van der Waals surface area contributed by atoms with E-state index in [4.69, 9.17) is 4.74 Å². The number of aryl methyl sites for hydroxylation is 1. The van der Waals surface area contributed by atoms with Crippen molar-refractivity contribution in [3.05, 3.63) is 83.4 Å². The number of alkyl halides is 3. The highest BCUT2D eigenvalue weighted by Crippen LogP contribution is 2.38. The van der Waals surface area contributed by atoms with Gasteiger partial charge in [0.05, 0.1) is 29.6 Å². The maximum absolute atomic E-state index is 15.6. The quantitative estimate of drug-likeness (QED) is 0.249. The number of carbonyl (C=O) groups is 1. The van der Waals surface area contributed by atoms with Crippen molar-refractivity contribution in [2.75, 3.05) is 30.0 Å². The van der Waals surface area contributed by atoms with E-state index >= 15 is 4.39 Å². The first-order chi connectivity index (χ1) is 21.1. The number of hydrogen-bond acceptors (Lipinski definition) is 6. The zero-order chi connectivity index (χ0) is 31.0. The molecule has 0 radical (unpaired) electrons. The van der Waals surface area contributed by atoms with Crippen molar-refractivity contribution in [1.82, 2.24) is 14.9 Å². The average molecular weight is 612 g/mol. The maximum Gasteiger partial charge on any atom is 0.573 e. The predicted molar refractivity (Wildman–Crippen MR) is 158 cm³/mol. The molecule has 3 heterocycles. The van der Waals surface area contributed by atoms with E-state index in [0.717, 1.165) is 31.4 Å². The molecule has 4 aromatic rings. The Morgan fingerprint density at radius 3 is 2.36 bits per heavy atom. The summed E-state index contributed by atoms with van der Waals surface area (Å²) in [7, 11) is 1.56. The van der Waals surface area contributed by atoms with E-state index < -0.39 is 6.36 Å². The molecule has 1 amide bonds. The number of aromatic nitrogens is 2. The van der Waals surface area contributed by atoms with Crippen molar-refractivity contribution in [2.24, 2.45) is 0 Å². The lowest BCUT2D eigenvalue weighted by atomic mass is 9.85. The first-order valence-corrected chi connectivity index (χ1v) is 14.6. The number of pyridine rings is 1. The van der Waals surface area contributed by atoms with Crippen LogP contribution in [0.4, 0.5) is 28.9 Å². The molecule has 0 bridgehead atoms. The molecular formula is C32H33F4N5O3. The summed E-state index contributed by atoms with van der Waals surface area (Å²) in [5, 5.41) is 7.29. The summed E-state index contributed by atoms with van der Waals surface area (Å²) in [6.45, 7) is 3.07. The molecule has 1 N–H and O–H groups in total. The van der Waals surface area contributed by atoms with Gasteiger partial charge in [0.25, 0.3) is 5.91 Å².